The molecule has 17 heavy (non-hydrogen) atoms. The molecule has 1 aliphatic carbocycles. The van der Waals surface area contributed by atoms with Crippen LogP contribution in [-0.4, -0.2) is 17.3 Å². The second-order valence-electron chi connectivity index (χ2n) is 4.94. The molecule has 2 unspecified atom stereocenters. The van der Waals surface area contributed by atoms with Crippen LogP contribution in [0.25, 0.3) is 0 Å². The van der Waals surface area contributed by atoms with Gasteiger partial charge in [0.1, 0.15) is 0 Å². The summed E-state index contributed by atoms with van der Waals surface area (Å²) in [5.41, 5.74) is 2.09. The fourth-order valence-corrected chi connectivity index (χ4v) is 2.68. The van der Waals surface area contributed by atoms with E-state index in [-0.39, 0.29) is 12.1 Å². The van der Waals surface area contributed by atoms with Crippen molar-refractivity contribution in [1.82, 2.24) is 0 Å². The third-order valence-electron chi connectivity index (χ3n) is 3.44. The maximum Gasteiger partial charge on any atom is 0.0741 e. The average molecular weight is 254 g/mol. The zero-order valence-electron chi connectivity index (χ0n) is 10.2. The Morgan fingerprint density at radius 2 is 2.00 bits per heavy atom. The minimum atomic E-state index is -0.255. The minimum absolute atomic E-state index is 0.137. The van der Waals surface area contributed by atoms with Gasteiger partial charge in [0.25, 0.3) is 0 Å². The molecule has 0 bridgehead atoms. The van der Waals surface area contributed by atoms with Crippen LogP contribution in [0, 0.1) is 6.92 Å². The van der Waals surface area contributed by atoms with Crippen LogP contribution >= 0.6 is 11.6 Å². The van der Waals surface area contributed by atoms with Gasteiger partial charge in [0, 0.05) is 0 Å². The van der Waals surface area contributed by atoms with E-state index in [0.29, 0.717) is 0 Å². The Bertz CT molecular complexity index is 380. The van der Waals surface area contributed by atoms with Crippen LogP contribution in [0.4, 0.5) is 5.69 Å². The summed E-state index contributed by atoms with van der Waals surface area (Å²) in [6, 6.07) is 6.12. The summed E-state index contributed by atoms with van der Waals surface area (Å²) in [5, 5.41) is 14.2. The molecule has 0 radical (unpaired) electrons. The average Bonchev–Trinajstić information content (AvgIpc) is 2.48. The molecular formula is C14H20ClNO. The number of rotatable bonds is 2. The molecule has 1 aliphatic rings. The molecule has 0 spiro atoms. The number of hydrogen-bond acceptors (Lipinski definition) is 2. The van der Waals surface area contributed by atoms with E-state index in [1.54, 1.807) is 0 Å². The van der Waals surface area contributed by atoms with Crippen LogP contribution in [-0.2, 0) is 0 Å². The maximum absolute atomic E-state index is 10.1. The van der Waals surface area contributed by atoms with Gasteiger partial charge in [-0.3, -0.25) is 0 Å². The number of nitrogens with one attached hydrogen (secondary N) is 1. The van der Waals surface area contributed by atoms with E-state index in [1.165, 1.54) is 12.8 Å². The van der Waals surface area contributed by atoms with Crippen LogP contribution in [0.2, 0.25) is 5.02 Å². The molecule has 0 heterocycles. The zero-order chi connectivity index (χ0) is 12.3. The first-order valence-corrected chi connectivity index (χ1v) is 6.75. The maximum atomic E-state index is 10.1. The van der Waals surface area contributed by atoms with E-state index in [4.69, 9.17) is 11.6 Å². The van der Waals surface area contributed by atoms with E-state index in [9.17, 15) is 5.11 Å². The summed E-state index contributed by atoms with van der Waals surface area (Å²) in [4.78, 5) is 0. The number of aliphatic hydroxyl groups excluding tert-OH is 1. The molecule has 2 atom stereocenters. The topological polar surface area (TPSA) is 32.3 Å². The monoisotopic (exact) mass is 253 g/mol. The number of aliphatic hydroxyl groups is 1. The Balaban J connectivity index is 2.08. The first-order valence-electron chi connectivity index (χ1n) is 6.37. The Kier molecular flexibility index (Phi) is 4.30. The summed E-state index contributed by atoms with van der Waals surface area (Å²) in [7, 11) is 0. The van der Waals surface area contributed by atoms with Gasteiger partial charge in [-0.25, -0.2) is 0 Å². The smallest absolute Gasteiger partial charge is 0.0741 e. The standard InChI is InChI=1S/C14H20ClNO/c1-10-7-8-12(11(15)9-10)16-13-5-3-2-4-6-14(13)17/h7-9,13-14,16-17H,2-6H2,1H3. The predicted octanol–water partition coefficient (Wildman–Crippen LogP) is 3.75. The number of anilines is 1. The van der Waals surface area contributed by atoms with Gasteiger partial charge in [-0.2, -0.15) is 0 Å². The van der Waals surface area contributed by atoms with Crippen molar-refractivity contribution in [3.63, 3.8) is 0 Å². The Morgan fingerprint density at radius 1 is 1.24 bits per heavy atom. The second-order valence-corrected chi connectivity index (χ2v) is 5.35. The minimum Gasteiger partial charge on any atom is -0.391 e. The number of hydrogen-bond donors (Lipinski definition) is 2. The highest BCUT2D eigenvalue weighted by Gasteiger charge is 2.21. The van der Waals surface area contributed by atoms with Crippen molar-refractivity contribution in [2.75, 3.05) is 5.32 Å². The van der Waals surface area contributed by atoms with Crippen LogP contribution in [0.5, 0.6) is 0 Å². The van der Waals surface area contributed by atoms with Crippen LogP contribution in [0.1, 0.15) is 37.7 Å². The summed E-state index contributed by atoms with van der Waals surface area (Å²) >= 11 is 6.19. The van der Waals surface area contributed by atoms with E-state index in [1.807, 2.05) is 25.1 Å². The SMILES string of the molecule is Cc1ccc(NC2CCCCCC2O)c(Cl)c1. The van der Waals surface area contributed by atoms with Gasteiger partial charge in [-0.1, -0.05) is 36.9 Å². The van der Waals surface area contributed by atoms with Crippen LogP contribution in [0.15, 0.2) is 18.2 Å². The molecule has 2 nitrogen and oxygen atoms in total. The lowest BCUT2D eigenvalue weighted by atomic mass is 10.1. The fraction of sp³-hybridized carbons (Fsp3) is 0.571. The summed E-state index contributed by atoms with van der Waals surface area (Å²) in [5.74, 6) is 0. The molecule has 2 N–H and O–H groups in total. The van der Waals surface area contributed by atoms with Crippen molar-refractivity contribution in [1.29, 1.82) is 0 Å². The van der Waals surface area contributed by atoms with Crippen LogP contribution < -0.4 is 5.32 Å². The van der Waals surface area contributed by atoms with Crippen molar-refractivity contribution in [2.24, 2.45) is 0 Å². The summed E-state index contributed by atoms with van der Waals surface area (Å²) in [6.07, 6.45) is 5.18. The molecule has 94 valence electrons. The number of aryl methyl sites for hydroxylation is 1. The first kappa shape index (κ1) is 12.7. The molecular weight excluding hydrogens is 234 g/mol. The molecule has 0 saturated heterocycles. The van der Waals surface area contributed by atoms with Gasteiger partial charge in [-0.15, -0.1) is 0 Å². The van der Waals surface area contributed by atoms with Gasteiger partial charge >= 0.3 is 0 Å². The third-order valence-corrected chi connectivity index (χ3v) is 3.76. The predicted molar refractivity (Wildman–Crippen MR) is 72.7 cm³/mol. The van der Waals surface area contributed by atoms with E-state index in [2.05, 4.69) is 5.32 Å². The highest BCUT2D eigenvalue weighted by molar-refractivity contribution is 6.33. The molecule has 1 fully saturated rings. The lowest BCUT2D eigenvalue weighted by Gasteiger charge is -2.23. The molecule has 3 heteroatoms. The molecule has 1 saturated carbocycles. The molecule has 0 aliphatic heterocycles. The Morgan fingerprint density at radius 3 is 2.76 bits per heavy atom. The third kappa shape index (κ3) is 3.36. The zero-order valence-corrected chi connectivity index (χ0v) is 11.0. The number of benzene rings is 1. The molecule has 0 amide bonds. The van der Waals surface area contributed by atoms with Crippen molar-refractivity contribution in [2.45, 2.75) is 51.2 Å². The summed E-state index contributed by atoms with van der Waals surface area (Å²) < 4.78 is 0. The summed E-state index contributed by atoms with van der Waals surface area (Å²) in [6.45, 7) is 2.02. The lowest BCUT2D eigenvalue weighted by molar-refractivity contribution is 0.144. The van der Waals surface area contributed by atoms with Gasteiger partial charge in [0.2, 0.25) is 0 Å². The molecule has 1 aromatic rings. The highest BCUT2D eigenvalue weighted by atomic mass is 35.5. The van der Waals surface area contributed by atoms with E-state index >= 15 is 0 Å². The second kappa shape index (κ2) is 5.74. The first-order chi connectivity index (χ1) is 8.16. The normalized spacial score (nSPS) is 25.4. The van der Waals surface area contributed by atoms with Crippen molar-refractivity contribution in [3.8, 4) is 0 Å². The van der Waals surface area contributed by atoms with E-state index in [0.717, 1.165) is 35.5 Å². The van der Waals surface area contributed by atoms with E-state index < -0.39 is 0 Å². The largest absolute Gasteiger partial charge is 0.391 e. The molecule has 0 aromatic heterocycles. The molecule has 1 aromatic carbocycles. The van der Waals surface area contributed by atoms with Crippen molar-refractivity contribution < 1.29 is 5.11 Å². The van der Waals surface area contributed by atoms with Gasteiger partial charge in [0.05, 0.1) is 22.9 Å². The highest BCUT2D eigenvalue weighted by Crippen LogP contribution is 2.27. The Hall–Kier alpha value is -0.730. The van der Waals surface area contributed by atoms with Crippen LogP contribution in [0.3, 0.4) is 0 Å². The van der Waals surface area contributed by atoms with Gasteiger partial charge < -0.3 is 10.4 Å². The lowest BCUT2D eigenvalue weighted by Crippen LogP contribution is -2.32. The fourth-order valence-electron chi connectivity index (χ4n) is 2.39. The van der Waals surface area contributed by atoms with Gasteiger partial charge in [-0.05, 0) is 37.5 Å². The van der Waals surface area contributed by atoms with Crippen molar-refractivity contribution >= 4 is 17.3 Å². The van der Waals surface area contributed by atoms with Crippen molar-refractivity contribution in [3.05, 3.63) is 28.8 Å². The number of halogens is 1. The quantitative estimate of drug-likeness (QED) is 0.787. The Labute approximate surface area is 108 Å². The van der Waals surface area contributed by atoms with Gasteiger partial charge in [0.15, 0.2) is 0 Å². The molecule has 2 rings (SSSR count).